The molecule has 0 radical (unpaired) electrons. The highest BCUT2D eigenvalue weighted by molar-refractivity contribution is 6.32. The zero-order valence-corrected chi connectivity index (χ0v) is 13.9. The Labute approximate surface area is 135 Å². The van der Waals surface area contributed by atoms with Crippen molar-refractivity contribution >= 4 is 23.5 Å². The van der Waals surface area contributed by atoms with Gasteiger partial charge in [-0.2, -0.15) is 0 Å². The van der Waals surface area contributed by atoms with Gasteiger partial charge in [0.1, 0.15) is 5.15 Å². The highest BCUT2D eigenvalue weighted by Gasteiger charge is 2.25. The van der Waals surface area contributed by atoms with Crippen molar-refractivity contribution in [2.45, 2.75) is 58.6 Å². The van der Waals surface area contributed by atoms with Crippen LogP contribution in [0.3, 0.4) is 0 Å². The SMILES string of the molecule is Cc1cc(C)c(C(=O)O[C@@H](C)C(=O)NC2CCCC2)c(Cl)n1. The lowest BCUT2D eigenvalue weighted by molar-refractivity contribution is -0.129. The van der Waals surface area contributed by atoms with Crippen molar-refractivity contribution in [3.05, 3.63) is 28.0 Å². The summed E-state index contributed by atoms with van der Waals surface area (Å²) in [5, 5.41) is 3.01. The second kappa shape index (κ2) is 7.09. The van der Waals surface area contributed by atoms with Crippen LogP contribution in [0.15, 0.2) is 6.07 Å². The van der Waals surface area contributed by atoms with E-state index in [0.29, 0.717) is 5.56 Å². The number of nitrogens with zero attached hydrogens (tertiary/aromatic N) is 1. The Bertz CT molecular complexity index is 560. The molecule has 22 heavy (non-hydrogen) atoms. The maximum Gasteiger partial charge on any atom is 0.342 e. The Morgan fingerprint density at radius 1 is 1.36 bits per heavy atom. The van der Waals surface area contributed by atoms with Crippen LogP contribution in [0.25, 0.3) is 0 Å². The maximum atomic E-state index is 12.2. The minimum Gasteiger partial charge on any atom is -0.449 e. The largest absolute Gasteiger partial charge is 0.449 e. The van der Waals surface area contributed by atoms with Gasteiger partial charge < -0.3 is 10.1 Å². The Morgan fingerprint density at radius 3 is 2.59 bits per heavy atom. The van der Waals surface area contributed by atoms with Crippen molar-refractivity contribution in [2.75, 3.05) is 0 Å². The number of aromatic nitrogens is 1. The molecule has 0 bridgehead atoms. The number of rotatable bonds is 4. The third-order valence-corrected chi connectivity index (χ3v) is 4.13. The van der Waals surface area contributed by atoms with E-state index in [1.807, 2.05) is 0 Å². The first-order valence-electron chi connectivity index (χ1n) is 7.53. The first kappa shape index (κ1) is 16.7. The summed E-state index contributed by atoms with van der Waals surface area (Å²) < 4.78 is 5.23. The number of amides is 1. The lowest BCUT2D eigenvalue weighted by Crippen LogP contribution is -2.41. The fourth-order valence-corrected chi connectivity index (χ4v) is 3.06. The van der Waals surface area contributed by atoms with E-state index in [9.17, 15) is 9.59 Å². The molecule has 1 aromatic rings. The van der Waals surface area contributed by atoms with Gasteiger partial charge in [0.2, 0.25) is 0 Å². The first-order valence-corrected chi connectivity index (χ1v) is 7.91. The van der Waals surface area contributed by atoms with Crippen molar-refractivity contribution in [3.63, 3.8) is 0 Å². The molecule has 0 spiro atoms. The lowest BCUT2D eigenvalue weighted by Gasteiger charge is -2.18. The van der Waals surface area contributed by atoms with E-state index in [1.165, 1.54) is 0 Å². The molecular weight excluding hydrogens is 304 g/mol. The summed E-state index contributed by atoms with van der Waals surface area (Å²) in [5.41, 5.74) is 1.63. The van der Waals surface area contributed by atoms with Gasteiger partial charge in [0.05, 0.1) is 5.56 Å². The van der Waals surface area contributed by atoms with Gasteiger partial charge in [-0.1, -0.05) is 24.4 Å². The molecule has 1 aliphatic carbocycles. The number of hydrogen-bond donors (Lipinski definition) is 1. The normalized spacial score (nSPS) is 16.4. The Balaban J connectivity index is 2.00. The summed E-state index contributed by atoms with van der Waals surface area (Å²) in [5.74, 6) is -0.891. The summed E-state index contributed by atoms with van der Waals surface area (Å²) in [4.78, 5) is 28.3. The van der Waals surface area contributed by atoms with Crippen LogP contribution in [0.2, 0.25) is 5.15 Å². The van der Waals surface area contributed by atoms with Crippen LogP contribution in [-0.2, 0) is 9.53 Å². The van der Waals surface area contributed by atoms with Gasteiger partial charge in [0.25, 0.3) is 5.91 Å². The average Bonchev–Trinajstić information content (AvgIpc) is 2.90. The zero-order valence-electron chi connectivity index (χ0n) is 13.1. The molecule has 1 fully saturated rings. The van der Waals surface area contributed by atoms with Crippen LogP contribution < -0.4 is 5.32 Å². The number of aryl methyl sites for hydroxylation is 2. The fourth-order valence-electron chi connectivity index (χ4n) is 2.70. The van der Waals surface area contributed by atoms with Gasteiger partial charge in [0.15, 0.2) is 6.10 Å². The second-order valence-electron chi connectivity index (χ2n) is 5.78. The fraction of sp³-hybridized carbons (Fsp3) is 0.562. The molecule has 1 aliphatic rings. The van der Waals surface area contributed by atoms with E-state index in [0.717, 1.165) is 31.4 Å². The molecule has 6 heteroatoms. The van der Waals surface area contributed by atoms with Gasteiger partial charge in [-0.05, 0) is 45.2 Å². The molecule has 120 valence electrons. The molecule has 0 aliphatic heterocycles. The van der Waals surface area contributed by atoms with E-state index in [-0.39, 0.29) is 22.7 Å². The molecule has 5 nitrogen and oxygen atoms in total. The molecular formula is C16H21ClN2O3. The van der Waals surface area contributed by atoms with Gasteiger partial charge in [-0.25, -0.2) is 9.78 Å². The lowest BCUT2D eigenvalue weighted by atomic mass is 10.1. The highest BCUT2D eigenvalue weighted by Crippen LogP contribution is 2.21. The highest BCUT2D eigenvalue weighted by atomic mass is 35.5. The first-order chi connectivity index (χ1) is 10.4. The summed E-state index contributed by atoms with van der Waals surface area (Å²) in [7, 11) is 0. The molecule has 1 N–H and O–H groups in total. The smallest absolute Gasteiger partial charge is 0.342 e. The molecule has 1 heterocycles. The molecule has 0 unspecified atom stereocenters. The number of carbonyl (C=O) groups is 2. The second-order valence-corrected chi connectivity index (χ2v) is 6.14. The van der Waals surface area contributed by atoms with E-state index in [1.54, 1.807) is 26.8 Å². The third kappa shape index (κ3) is 3.97. The van der Waals surface area contributed by atoms with Gasteiger partial charge in [-0.15, -0.1) is 0 Å². The molecule has 0 aromatic carbocycles. The number of ether oxygens (including phenoxy) is 1. The number of carbonyl (C=O) groups excluding carboxylic acids is 2. The monoisotopic (exact) mass is 324 g/mol. The average molecular weight is 325 g/mol. The van der Waals surface area contributed by atoms with Crippen LogP contribution in [-0.4, -0.2) is 29.0 Å². The number of pyridine rings is 1. The van der Waals surface area contributed by atoms with Crippen molar-refractivity contribution < 1.29 is 14.3 Å². The summed E-state index contributed by atoms with van der Waals surface area (Å²) in [6.45, 7) is 5.12. The topological polar surface area (TPSA) is 68.3 Å². The van der Waals surface area contributed by atoms with Crippen LogP contribution >= 0.6 is 11.6 Å². The van der Waals surface area contributed by atoms with Crippen molar-refractivity contribution in [1.29, 1.82) is 0 Å². The molecule has 1 saturated carbocycles. The summed E-state index contributed by atoms with van der Waals surface area (Å²) >= 11 is 6.02. The van der Waals surface area contributed by atoms with Crippen LogP contribution in [0.4, 0.5) is 0 Å². The standard InChI is InChI=1S/C16H21ClN2O3/c1-9-8-10(2)18-14(17)13(9)16(21)22-11(3)15(20)19-12-6-4-5-7-12/h8,11-12H,4-7H2,1-3H3,(H,19,20)/t11-/m0/s1. The minimum atomic E-state index is -0.857. The Hall–Kier alpha value is -1.62. The molecule has 1 atom stereocenters. The summed E-state index contributed by atoms with van der Waals surface area (Å²) in [6, 6.07) is 1.95. The van der Waals surface area contributed by atoms with E-state index in [4.69, 9.17) is 16.3 Å². The van der Waals surface area contributed by atoms with Crippen molar-refractivity contribution in [3.8, 4) is 0 Å². The third-order valence-electron chi connectivity index (χ3n) is 3.86. The summed E-state index contributed by atoms with van der Waals surface area (Å²) in [6.07, 6.45) is 3.37. The van der Waals surface area contributed by atoms with Gasteiger partial charge >= 0.3 is 5.97 Å². The molecule has 1 amide bonds. The quantitative estimate of drug-likeness (QED) is 0.683. The van der Waals surface area contributed by atoms with Crippen LogP contribution in [0.1, 0.15) is 54.2 Å². The Kier molecular flexibility index (Phi) is 5.40. The number of hydrogen-bond acceptors (Lipinski definition) is 4. The number of halogens is 1. The zero-order chi connectivity index (χ0) is 16.3. The Morgan fingerprint density at radius 2 is 2.00 bits per heavy atom. The van der Waals surface area contributed by atoms with Crippen molar-refractivity contribution in [1.82, 2.24) is 10.3 Å². The minimum absolute atomic E-state index is 0.103. The van der Waals surface area contributed by atoms with Crippen molar-refractivity contribution in [2.24, 2.45) is 0 Å². The van der Waals surface area contributed by atoms with Gasteiger partial charge in [0, 0.05) is 11.7 Å². The molecule has 0 saturated heterocycles. The molecule has 2 rings (SSSR count). The maximum absolute atomic E-state index is 12.2. The number of nitrogens with one attached hydrogen (secondary N) is 1. The predicted molar refractivity (Wildman–Crippen MR) is 84.0 cm³/mol. The van der Waals surface area contributed by atoms with E-state index in [2.05, 4.69) is 10.3 Å². The predicted octanol–water partition coefficient (Wildman–Crippen LogP) is 2.96. The molecule has 1 aromatic heterocycles. The van der Waals surface area contributed by atoms with E-state index < -0.39 is 12.1 Å². The van der Waals surface area contributed by atoms with Gasteiger partial charge in [-0.3, -0.25) is 4.79 Å². The van der Waals surface area contributed by atoms with Crippen LogP contribution in [0.5, 0.6) is 0 Å². The van der Waals surface area contributed by atoms with Crippen LogP contribution in [0, 0.1) is 13.8 Å². The number of esters is 1. The van der Waals surface area contributed by atoms with E-state index >= 15 is 0 Å².